The summed E-state index contributed by atoms with van der Waals surface area (Å²) in [7, 11) is 1.63. The standard InChI is InChI=1S/C30H25N3O2/c1-22-13-16-25(17-14-22)33-30(20-27(32-33)24-9-5-3-6-10-24)31-21-23-15-18-28(29(19-23)34-2)35-26-11-7-4-8-12-26/h3-21H,1-2H3. The van der Waals surface area contributed by atoms with Gasteiger partial charge in [-0.05, 0) is 55.0 Å². The Bertz CT molecular complexity index is 1440. The van der Waals surface area contributed by atoms with E-state index in [0.717, 1.165) is 34.1 Å². The lowest BCUT2D eigenvalue weighted by molar-refractivity contribution is 0.379. The van der Waals surface area contributed by atoms with E-state index in [1.807, 2.05) is 95.8 Å². The minimum Gasteiger partial charge on any atom is -0.493 e. The second-order valence-corrected chi connectivity index (χ2v) is 8.08. The molecule has 0 atom stereocenters. The third kappa shape index (κ3) is 5.14. The molecule has 5 heteroatoms. The smallest absolute Gasteiger partial charge is 0.169 e. The summed E-state index contributed by atoms with van der Waals surface area (Å²) in [5.74, 6) is 2.76. The molecule has 0 aliphatic heterocycles. The first-order chi connectivity index (χ1) is 17.2. The number of benzene rings is 4. The maximum absolute atomic E-state index is 5.97. The molecule has 1 aromatic heterocycles. The molecule has 0 N–H and O–H groups in total. The molecular weight excluding hydrogens is 434 g/mol. The van der Waals surface area contributed by atoms with Crippen LogP contribution in [0.5, 0.6) is 17.2 Å². The Hall–Kier alpha value is -4.64. The zero-order valence-corrected chi connectivity index (χ0v) is 19.6. The molecule has 35 heavy (non-hydrogen) atoms. The maximum Gasteiger partial charge on any atom is 0.169 e. The third-order valence-electron chi connectivity index (χ3n) is 5.54. The molecule has 0 spiro atoms. The number of aromatic nitrogens is 2. The van der Waals surface area contributed by atoms with Crippen LogP contribution < -0.4 is 9.47 Å². The van der Waals surface area contributed by atoms with Gasteiger partial charge < -0.3 is 9.47 Å². The van der Waals surface area contributed by atoms with Gasteiger partial charge in [-0.1, -0.05) is 66.2 Å². The second kappa shape index (κ2) is 10.1. The fourth-order valence-electron chi connectivity index (χ4n) is 3.69. The van der Waals surface area contributed by atoms with Crippen LogP contribution in [0.15, 0.2) is 114 Å². The highest BCUT2D eigenvalue weighted by molar-refractivity contribution is 5.83. The summed E-state index contributed by atoms with van der Waals surface area (Å²) < 4.78 is 13.4. The van der Waals surface area contributed by atoms with Gasteiger partial charge in [0.15, 0.2) is 17.3 Å². The predicted molar refractivity (Wildman–Crippen MR) is 141 cm³/mol. The lowest BCUT2D eigenvalue weighted by Crippen LogP contribution is -1.97. The number of para-hydroxylation sites is 1. The molecule has 0 saturated heterocycles. The minimum absolute atomic E-state index is 0.634. The summed E-state index contributed by atoms with van der Waals surface area (Å²) in [5, 5.41) is 4.85. The van der Waals surface area contributed by atoms with Crippen molar-refractivity contribution in [2.45, 2.75) is 6.92 Å². The maximum atomic E-state index is 5.97. The molecule has 5 aromatic rings. The molecule has 5 rings (SSSR count). The highest BCUT2D eigenvalue weighted by Gasteiger charge is 2.11. The average Bonchev–Trinajstić information content (AvgIpc) is 3.34. The fraction of sp³-hybridized carbons (Fsp3) is 0.0667. The van der Waals surface area contributed by atoms with Gasteiger partial charge in [0.1, 0.15) is 5.75 Å². The normalized spacial score (nSPS) is 11.0. The van der Waals surface area contributed by atoms with E-state index in [1.165, 1.54) is 5.56 Å². The molecule has 0 aliphatic carbocycles. The quantitative estimate of drug-likeness (QED) is 0.238. The van der Waals surface area contributed by atoms with Crippen molar-refractivity contribution in [2.75, 3.05) is 7.11 Å². The molecule has 0 aliphatic rings. The zero-order valence-electron chi connectivity index (χ0n) is 19.6. The lowest BCUT2D eigenvalue weighted by Gasteiger charge is -2.10. The number of aryl methyl sites for hydroxylation is 1. The number of hydrogen-bond donors (Lipinski definition) is 0. The van der Waals surface area contributed by atoms with Crippen molar-refractivity contribution in [1.82, 2.24) is 9.78 Å². The van der Waals surface area contributed by atoms with Crippen LogP contribution in [0.4, 0.5) is 5.82 Å². The summed E-state index contributed by atoms with van der Waals surface area (Å²) in [6.45, 7) is 2.07. The van der Waals surface area contributed by atoms with Crippen LogP contribution in [0.3, 0.4) is 0 Å². The summed E-state index contributed by atoms with van der Waals surface area (Å²) in [5.41, 5.74) is 4.94. The average molecular weight is 460 g/mol. The van der Waals surface area contributed by atoms with Gasteiger partial charge in [0.25, 0.3) is 0 Å². The fourth-order valence-corrected chi connectivity index (χ4v) is 3.69. The second-order valence-electron chi connectivity index (χ2n) is 8.08. The van der Waals surface area contributed by atoms with Crippen LogP contribution in [0.2, 0.25) is 0 Å². The van der Waals surface area contributed by atoms with Crippen molar-refractivity contribution in [3.63, 3.8) is 0 Å². The van der Waals surface area contributed by atoms with Crippen LogP contribution in [0, 0.1) is 6.92 Å². The largest absolute Gasteiger partial charge is 0.493 e. The molecule has 5 nitrogen and oxygen atoms in total. The molecule has 172 valence electrons. The van der Waals surface area contributed by atoms with Crippen LogP contribution in [0.25, 0.3) is 16.9 Å². The van der Waals surface area contributed by atoms with Gasteiger partial charge in [-0.15, -0.1) is 0 Å². The molecule has 1 heterocycles. The minimum atomic E-state index is 0.634. The molecule has 4 aromatic carbocycles. The van der Waals surface area contributed by atoms with Gasteiger partial charge in [-0.25, -0.2) is 9.67 Å². The lowest BCUT2D eigenvalue weighted by atomic mass is 10.1. The van der Waals surface area contributed by atoms with E-state index < -0.39 is 0 Å². The van der Waals surface area contributed by atoms with Gasteiger partial charge in [-0.2, -0.15) is 5.10 Å². The van der Waals surface area contributed by atoms with E-state index in [1.54, 1.807) is 7.11 Å². The molecule has 0 radical (unpaired) electrons. The van der Waals surface area contributed by atoms with Gasteiger partial charge in [0.2, 0.25) is 0 Å². The predicted octanol–water partition coefficient (Wildman–Crippen LogP) is 7.40. The van der Waals surface area contributed by atoms with Crippen molar-refractivity contribution in [1.29, 1.82) is 0 Å². The van der Waals surface area contributed by atoms with Crippen molar-refractivity contribution < 1.29 is 9.47 Å². The van der Waals surface area contributed by atoms with Crippen LogP contribution in [0.1, 0.15) is 11.1 Å². The number of ether oxygens (including phenoxy) is 2. The number of hydrogen-bond acceptors (Lipinski definition) is 4. The first-order valence-electron chi connectivity index (χ1n) is 11.4. The summed E-state index contributed by atoms with van der Waals surface area (Å²) >= 11 is 0. The van der Waals surface area contributed by atoms with E-state index >= 15 is 0 Å². The van der Waals surface area contributed by atoms with E-state index in [0.29, 0.717) is 11.5 Å². The summed E-state index contributed by atoms with van der Waals surface area (Å²) in [6, 6.07) is 35.7. The van der Waals surface area contributed by atoms with Gasteiger partial charge in [0, 0.05) is 17.8 Å². The number of methoxy groups -OCH3 is 1. The molecule has 0 bridgehead atoms. The van der Waals surface area contributed by atoms with E-state index in [2.05, 4.69) is 31.2 Å². The Morgan fingerprint density at radius 2 is 1.49 bits per heavy atom. The van der Waals surface area contributed by atoms with Crippen molar-refractivity contribution in [3.8, 4) is 34.2 Å². The van der Waals surface area contributed by atoms with Crippen LogP contribution in [-0.2, 0) is 0 Å². The zero-order chi connectivity index (χ0) is 24.0. The van der Waals surface area contributed by atoms with Crippen molar-refractivity contribution in [2.24, 2.45) is 4.99 Å². The highest BCUT2D eigenvalue weighted by atomic mass is 16.5. The van der Waals surface area contributed by atoms with Crippen molar-refractivity contribution >= 4 is 12.0 Å². The van der Waals surface area contributed by atoms with Gasteiger partial charge in [0.05, 0.1) is 18.5 Å². The van der Waals surface area contributed by atoms with Gasteiger partial charge in [-0.3, -0.25) is 0 Å². The topological polar surface area (TPSA) is 48.6 Å². The first kappa shape index (κ1) is 22.2. The Labute approximate surface area is 204 Å². The van der Waals surface area contributed by atoms with Crippen molar-refractivity contribution in [3.05, 3.63) is 120 Å². The van der Waals surface area contributed by atoms with E-state index in [9.17, 15) is 0 Å². The Balaban J connectivity index is 1.48. The van der Waals surface area contributed by atoms with E-state index in [-0.39, 0.29) is 0 Å². The number of rotatable bonds is 7. The molecule has 0 saturated carbocycles. The molecule has 0 unspecified atom stereocenters. The van der Waals surface area contributed by atoms with Crippen LogP contribution in [-0.4, -0.2) is 23.1 Å². The Morgan fingerprint density at radius 3 is 2.20 bits per heavy atom. The van der Waals surface area contributed by atoms with Gasteiger partial charge >= 0.3 is 0 Å². The summed E-state index contributed by atoms with van der Waals surface area (Å²) in [6.07, 6.45) is 1.81. The Morgan fingerprint density at radius 1 is 0.771 bits per heavy atom. The first-order valence-corrected chi connectivity index (χ1v) is 11.4. The SMILES string of the molecule is COc1cc(C=Nc2cc(-c3ccccc3)nn2-c2ccc(C)cc2)ccc1Oc1ccccc1. The third-order valence-corrected chi connectivity index (χ3v) is 5.54. The highest BCUT2D eigenvalue weighted by Crippen LogP contribution is 2.32. The summed E-state index contributed by atoms with van der Waals surface area (Å²) in [4.78, 5) is 4.79. The Kier molecular flexibility index (Phi) is 6.39. The number of aliphatic imine (C=N–C) groups is 1. The monoisotopic (exact) mass is 459 g/mol. The molecule has 0 amide bonds. The van der Waals surface area contributed by atoms with Crippen LogP contribution >= 0.6 is 0 Å². The van der Waals surface area contributed by atoms with E-state index in [4.69, 9.17) is 19.6 Å². The molecular formula is C30H25N3O2. The number of nitrogens with zero attached hydrogens (tertiary/aromatic N) is 3. The molecule has 0 fully saturated rings.